The Bertz CT molecular complexity index is 1470. The van der Waals surface area contributed by atoms with Crippen molar-refractivity contribution < 1.29 is 28.3 Å². The van der Waals surface area contributed by atoms with Crippen LogP contribution in [0.3, 0.4) is 0 Å². The second kappa shape index (κ2) is 11.6. The average molecular weight is 568 g/mol. The number of methoxy groups -OCH3 is 1. The van der Waals surface area contributed by atoms with Gasteiger partial charge in [-0.25, -0.2) is 5.43 Å². The quantitative estimate of drug-likeness (QED) is 0.144. The molecular weight excluding hydrogens is 546 g/mol. The number of benzene rings is 3. The van der Waals surface area contributed by atoms with Crippen molar-refractivity contribution in [3.05, 3.63) is 92.1 Å². The molecule has 0 saturated carbocycles. The van der Waals surface area contributed by atoms with Crippen LogP contribution in [-0.4, -0.2) is 30.8 Å². The molecular formula is C26H22BrN3O7. The Morgan fingerprint density at radius 3 is 2.62 bits per heavy atom. The second-order valence-corrected chi connectivity index (χ2v) is 8.54. The molecule has 0 bridgehead atoms. The van der Waals surface area contributed by atoms with Crippen molar-refractivity contribution in [2.45, 2.75) is 13.5 Å². The molecule has 0 aliphatic carbocycles. The maximum Gasteiger partial charge on any atom is 0.307 e. The molecule has 1 amide bonds. The van der Waals surface area contributed by atoms with Crippen LogP contribution in [0.2, 0.25) is 0 Å². The van der Waals surface area contributed by atoms with Crippen molar-refractivity contribution in [1.29, 1.82) is 0 Å². The van der Waals surface area contributed by atoms with E-state index in [9.17, 15) is 14.9 Å². The van der Waals surface area contributed by atoms with Gasteiger partial charge in [-0.2, -0.15) is 5.10 Å². The Balaban J connectivity index is 1.41. The third-order valence-electron chi connectivity index (χ3n) is 5.18. The molecule has 0 spiro atoms. The maximum absolute atomic E-state index is 12.5. The molecule has 1 heterocycles. The van der Waals surface area contributed by atoms with Crippen molar-refractivity contribution in [3.63, 3.8) is 0 Å². The van der Waals surface area contributed by atoms with Crippen LogP contribution in [-0.2, 0) is 6.61 Å². The summed E-state index contributed by atoms with van der Waals surface area (Å²) in [6, 6.07) is 16.5. The number of hydrogen-bond acceptors (Lipinski definition) is 8. The van der Waals surface area contributed by atoms with Crippen LogP contribution in [0.15, 0.2) is 74.7 Å². The van der Waals surface area contributed by atoms with Gasteiger partial charge in [0.15, 0.2) is 17.3 Å². The zero-order valence-corrected chi connectivity index (χ0v) is 21.5. The van der Waals surface area contributed by atoms with E-state index in [1.54, 1.807) is 48.5 Å². The monoisotopic (exact) mass is 567 g/mol. The van der Waals surface area contributed by atoms with E-state index in [4.69, 9.17) is 18.6 Å². The fraction of sp³-hybridized carbons (Fsp3) is 0.154. The zero-order valence-electron chi connectivity index (χ0n) is 19.9. The number of halogens is 1. The molecule has 0 aliphatic rings. The smallest absolute Gasteiger partial charge is 0.307 e. The van der Waals surface area contributed by atoms with Crippen molar-refractivity contribution in [3.8, 4) is 17.2 Å². The maximum atomic E-state index is 12.5. The number of nitro groups is 1. The highest BCUT2D eigenvalue weighted by atomic mass is 79.9. The molecule has 37 heavy (non-hydrogen) atoms. The highest BCUT2D eigenvalue weighted by molar-refractivity contribution is 9.10. The number of amides is 1. The molecule has 10 nitrogen and oxygen atoms in total. The normalized spacial score (nSPS) is 11.0. The molecule has 1 aromatic heterocycles. The van der Waals surface area contributed by atoms with E-state index < -0.39 is 10.8 Å². The molecule has 1 N–H and O–H groups in total. The highest BCUT2D eigenvalue weighted by Gasteiger charge is 2.14. The first-order valence-corrected chi connectivity index (χ1v) is 11.9. The van der Waals surface area contributed by atoms with Gasteiger partial charge in [0.05, 0.1) is 29.3 Å². The zero-order chi connectivity index (χ0) is 26.4. The Morgan fingerprint density at radius 2 is 1.92 bits per heavy atom. The molecule has 0 atom stereocenters. The minimum atomic E-state index is -0.500. The van der Waals surface area contributed by atoms with Crippen LogP contribution in [0, 0.1) is 10.1 Å². The van der Waals surface area contributed by atoms with E-state index >= 15 is 0 Å². The predicted molar refractivity (Wildman–Crippen MR) is 141 cm³/mol. The average Bonchev–Trinajstić information content (AvgIpc) is 3.32. The summed E-state index contributed by atoms with van der Waals surface area (Å²) in [5, 5.41) is 15.6. The number of nitrogens with zero attached hydrogens (tertiary/aromatic N) is 2. The van der Waals surface area contributed by atoms with E-state index in [1.165, 1.54) is 25.5 Å². The van der Waals surface area contributed by atoms with Crippen molar-refractivity contribution >= 4 is 44.7 Å². The van der Waals surface area contributed by atoms with Crippen LogP contribution in [0.1, 0.15) is 28.6 Å². The molecule has 0 fully saturated rings. The first kappa shape index (κ1) is 25.7. The number of hydrazone groups is 1. The van der Waals surface area contributed by atoms with Gasteiger partial charge in [-0.05, 0) is 82.5 Å². The van der Waals surface area contributed by atoms with Gasteiger partial charge in [0.25, 0.3) is 5.69 Å². The van der Waals surface area contributed by atoms with Gasteiger partial charge >= 0.3 is 5.91 Å². The van der Waals surface area contributed by atoms with Crippen LogP contribution in [0.5, 0.6) is 17.2 Å². The SMILES string of the molecule is CCOc1ccc2oc(C(=O)N/N=C/c3cc(Br)c(OCc4ccc([N+](=O)[O-])cc4)c(OC)c3)cc2c1. The number of nitrogens with one attached hydrogen (secondary N) is 1. The summed E-state index contributed by atoms with van der Waals surface area (Å²) in [6.45, 7) is 2.62. The summed E-state index contributed by atoms with van der Waals surface area (Å²) in [4.78, 5) is 22.9. The number of carbonyl (C=O) groups is 1. The van der Waals surface area contributed by atoms with Gasteiger partial charge in [-0.3, -0.25) is 14.9 Å². The first-order chi connectivity index (χ1) is 17.9. The van der Waals surface area contributed by atoms with Crippen molar-refractivity contribution in [2.75, 3.05) is 13.7 Å². The Labute approximate surface area is 220 Å². The summed E-state index contributed by atoms with van der Waals surface area (Å²) >= 11 is 3.47. The number of ether oxygens (including phenoxy) is 3. The summed E-state index contributed by atoms with van der Waals surface area (Å²) < 4.78 is 23.0. The van der Waals surface area contributed by atoms with Gasteiger partial charge in [0.2, 0.25) is 0 Å². The first-order valence-electron chi connectivity index (χ1n) is 11.1. The minimum absolute atomic E-state index is 0.00859. The number of rotatable bonds is 10. The largest absolute Gasteiger partial charge is 0.494 e. The topological polar surface area (TPSA) is 125 Å². The van der Waals surface area contributed by atoms with E-state index in [0.717, 1.165) is 10.9 Å². The molecule has 0 aliphatic heterocycles. The summed E-state index contributed by atoms with van der Waals surface area (Å²) in [6.07, 6.45) is 1.46. The van der Waals surface area contributed by atoms with E-state index in [2.05, 4.69) is 26.5 Å². The number of carbonyl (C=O) groups excluding carboxylic acids is 1. The summed E-state index contributed by atoms with van der Waals surface area (Å²) in [5.41, 5.74) is 4.42. The van der Waals surface area contributed by atoms with Crippen LogP contribution in [0.4, 0.5) is 5.69 Å². The van der Waals surface area contributed by atoms with Crippen LogP contribution in [0.25, 0.3) is 11.0 Å². The number of fused-ring (bicyclic) bond motifs is 1. The second-order valence-electron chi connectivity index (χ2n) is 7.69. The standard InChI is InChI=1S/C26H22BrN3O7/c1-3-35-20-8-9-22-18(12-20)13-24(37-22)26(31)29-28-14-17-10-21(27)25(23(11-17)34-2)36-15-16-4-6-19(7-5-16)30(32)33/h4-14H,3,15H2,1-2H3,(H,29,31)/b28-14+. The molecule has 11 heteroatoms. The third-order valence-corrected chi connectivity index (χ3v) is 5.77. The Hall–Kier alpha value is -4.38. The van der Waals surface area contributed by atoms with Crippen LogP contribution >= 0.6 is 15.9 Å². The minimum Gasteiger partial charge on any atom is -0.494 e. The molecule has 0 saturated heterocycles. The van der Waals surface area contributed by atoms with Crippen molar-refractivity contribution in [2.24, 2.45) is 5.10 Å². The van der Waals surface area contributed by atoms with Gasteiger partial charge in [0.1, 0.15) is 17.9 Å². The summed E-state index contributed by atoms with van der Waals surface area (Å²) in [5.74, 6) is 1.21. The van der Waals surface area contributed by atoms with Gasteiger partial charge in [-0.15, -0.1) is 0 Å². The molecule has 4 aromatic rings. The van der Waals surface area contributed by atoms with E-state index in [1.807, 2.05) is 6.92 Å². The lowest BCUT2D eigenvalue weighted by Crippen LogP contribution is -2.16. The predicted octanol–water partition coefficient (Wildman–Crippen LogP) is 5.85. The number of nitro benzene ring substituents is 1. The highest BCUT2D eigenvalue weighted by Crippen LogP contribution is 2.37. The fourth-order valence-electron chi connectivity index (χ4n) is 3.43. The lowest BCUT2D eigenvalue weighted by Gasteiger charge is -2.13. The van der Waals surface area contributed by atoms with Crippen LogP contribution < -0.4 is 19.6 Å². The van der Waals surface area contributed by atoms with Gasteiger partial charge in [-0.1, -0.05) is 0 Å². The van der Waals surface area contributed by atoms with Crippen molar-refractivity contribution in [1.82, 2.24) is 5.43 Å². The van der Waals surface area contributed by atoms with E-state index in [-0.39, 0.29) is 18.1 Å². The Kier molecular flexibility index (Phi) is 8.04. The number of hydrogen-bond donors (Lipinski definition) is 1. The summed E-state index contributed by atoms with van der Waals surface area (Å²) in [7, 11) is 1.50. The Morgan fingerprint density at radius 1 is 1.14 bits per heavy atom. The number of non-ortho nitro benzene ring substituents is 1. The fourth-order valence-corrected chi connectivity index (χ4v) is 4.01. The molecule has 0 radical (unpaired) electrons. The molecule has 4 rings (SSSR count). The molecule has 3 aromatic carbocycles. The number of furan rings is 1. The lowest BCUT2D eigenvalue weighted by atomic mass is 10.2. The molecule has 190 valence electrons. The third kappa shape index (κ3) is 6.25. The van der Waals surface area contributed by atoms with Gasteiger partial charge < -0.3 is 18.6 Å². The van der Waals surface area contributed by atoms with Gasteiger partial charge in [0, 0.05) is 17.5 Å². The molecule has 0 unspecified atom stereocenters. The lowest BCUT2D eigenvalue weighted by molar-refractivity contribution is -0.384. The van der Waals surface area contributed by atoms with E-state index in [0.29, 0.717) is 39.5 Å².